The number of esters is 1. The maximum Gasteiger partial charge on any atom is 0.321 e. The average Bonchev–Trinajstić information content (AvgIpc) is 2.78. The summed E-state index contributed by atoms with van der Waals surface area (Å²) in [6.07, 6.45) is 1.05. The first kappa shape index (κ1) is 22.8. The van der Waals surface area contributed by atoms with E-state index in [0.29, 0.717) is 31.5 Å². The van der Waals surface area contributed by atoms with Crippen LogP contribution < -0.4 is 5.32 Å². The monoisotopic (exact) mass is 445 g/mol. The first-order valence-electron chi connectivity index (χ1n) is 10.1. The normalized spacial score (nSPS) is 15.0. The molecule has 0 bridgehead atoms. The Morgan fingerprint density at radius 2 is 1.74 bits per heavy atom. The van der Waals surface area contributed by atoms with Crippen LogP contribution in [0.25, 0.3) is 0 Å². The van der Waals surface area contributed by atoms with Crippen LogP contribution in [0.2, 0.25) is 0 Å². The molecule has 0 aliphatic carbocycles. The van der Waals surface area contributed by atoms with Crippen LogP contribution >= 0.6 is 0 Å². The van der Waals surface area contributed by atoms with Crippen molar-refractivity contribution >= 4 is 27.7 Å². The molecule has 31 heavy (non-hydrogen) atoms. The van der Waals surface area contributed by atoms with Gasteiger partial charge in [-0.2, -0.15) is 0 Å². The van der Waals surface area contributed by atoms with Gasteiger partial charge in [0.25, 0.3) is 0 Å². The minimum Gasteiger partial charge on any atom is -0.461 e. The fraction of sp³-hybridized carbons (Fsp3) is 0.364. The van der Waals surface area contributed by atoms with E-state index in [4.69, 9.17) is 4.74 Å². The van der Waals surface area contributed by atoms with Crippen molar-refractivity contribution in [1.82, 2.24) is 9.21 Å². The van der Waals surface area contributed by atoms with Crippen molar-refractivity contribution in [3.05, 3.63) is 60.2 Å². The summed E-state index contributed by atoms with van der Waals surface area (Å²) in [6, 6.07) is 15.4. The van der Waals surface area contributed by atoms with Crippen LogP contribution in [0.4, 0.5) is 10.5 Å². The van der Waals surface area contributed by atoms with Crippen LogP contribution in [-0.4, -0.2) is 56.8 Å². The van der Waals surface area contributed by atoms with E-state index >= 15 is 0 Å². The number of sulfonamides is 1. The van der Waals surface area contributed by atoms with Crippen molar-refractivity contribution in [3.63, 3.8) is 0 Å². The van der Waals surface area contributed by atoms with Crippen molar-refractivity contribution < 1.29 is 22.7 Å². The van der Waals surface area contributed by atoms with Crippen LogP contribution in [0.5, 0.6) is 0 Å². The zero-order valence-corrected chi connectivity index (χ0v) is 18.5. The molecule has 2 aromatic carbocycles. The van der Waals surface area contributed by atoms with Crippen molar-refractivity contribution in [3.8, 4) is 0 Å². The van der Waals surface area contributed by atoms with E-state index in [0.717, 1.165) is 9.99 Å². The lowest BCUT2D eigenvalue weighted by atomic mass is 9.97. The van der Waals surface area contributed by atoms with E-state index in [2.05, 4.69) is 5.32 Å². The van der Waals surface area contributed by atoms with Gasteiger partial charge in [0.1, 0.15) is 6.61 Å². The maximum atomic E-state index is 12.5. The maximum absolute atomic E-state index is 12.5. The summed E-state index contributed by atoms with van der Waals surface area (Å²) in [5.74, 6) is -0.613. The van der Waals surface area contributed by atoms with E-state index in [9.17, 15) is 18.0 Å². The van der Waals surface area contributed by atoms with Gasteiger partial charge < -0.3 is 15.0 Å². The first-order chi connectivity index (χ1) is 14.8. The van der Waals surface area contributed by atoms with Gasteiger partial charge in [0.05, 0.1) is 10.8 Å². The molecule has 1 fully saturated rings. The van der Waals surface area contributed by atoms with Gasteiger partial charge in [-0.1, -0.05) is 30.3 Å². The molecule has 0 saturated carbocycles. The second-order valence-electron chi connectivity index (χ2n) is 7.60. The standard InChI is InChI=1S/C22H27N3O5S/c1-24(2)31(28,29)20-10-6-7-17(15-20)16-30-21(26)18-11-13-25(14-12-18)22(27)23-19-8-4-3-5-9-19/h3-10,15,18H,11-14,16H2,1-2H3,(H,23,27). The molecule has 0 atom stereocenters. The van der Waals surface area contributed by atoms with Gasteiger partial charge in [0, 0.05) is 32.9 Å². The van der Waals surface area contributed by atoms with Crippen molar-refractivity contribution in [2.45, 2.75) is 24.3 Å². The van der Waals surface area contributed by atoms with Gasteiger partial charge in [0.2, 0.25) is 10.0 Å². The molecule has 0 radical (unpaired) electrons. The van der Waals surface area contributed by atoms with Crippen molar-refractivity contribution in [2.24, 2.45) is 5.92 Å². The smallest absolute Gasteiger partial charge is 0.321 e. The number of anilines is 1. The van der Waals surface area contributed by atoms with Gasteiger partial charge in [-0.15, -0.1) is 0 Å². The number of hydrogen-bond acceptors (Lipinski definition) is 5. The Balaban J connectivity index is 1.49. The van der Waals surface area contributed by atoms with Crippen LogP contribution in [0.15, 0.2) is 59.5 Å². The molecule has 2 amide bonds. The van der Waals surface area contributed by atoms with Crippen LogP contribution in [0.1, 0.15) is 18.4 Å². The molecule has 0 spiro atoms. The van der Waals surface area contributed by atoms with E-state index in [1.54, 1.807) is 17.0 Å². The highest BCUT2D eigenvalue weighted by molar-refractivity contribution is 7.89. The zero-order valence-electron chi connectivity index (χ0n) is 17.7. The highest BCUT2D eigenvalue weighted by Crippen LogP contribution is 2.21. The highest BCUT2D eigenvalue weighted by Gasteiger charge is 2.28. The number of nitrogens with one attached hydrogen (secondary N) is 1. The lowest BCUT2D eigenvalue weighted by Crippen LogP contribution is -2.42. The number of hydrogen-bond donors (Lipinski definition) is 1. The van der Waals surface area contributed by atoms with Crippen molar-refractivity contribution in [1.29, 1.82) is 0 Å². The Hall–Kier alpha value is -2.91. The number of urea groups is 1. The van der Waals surface area contributed by atoms with E-state index in [1.165, 1.54) is 26.2 Å². The molecule has 8 nitrogen and oxygen atoms in total. The van der Waals surface area contributed by atoms with E-state index in [-0.39, 0.29) is 29.4 Å². The number of rotatable bonds is 6. The Kier molecular flexibility index (Phi) is 7.29. The first-order valence-corrected chi connectivity index (χ1v) is 11.5. The quantitative estimate of drug-likeness (QED) is 0.690. The summed E-state index contributed by atoms with van der Waals surface area (Å²) >= 11 is 0. The summed E-state index contributed by atoms with van der Waals surface area (Å²) < 4.78 is 31.1. The fourth-order valence-corrected chi connectivity index (χ4v) is 4.29. The van der Waals surface area contributed by atoms with Crippen LogP contribution in [0, 0.1) is 5.92 Å². The highest BCUT2D eigenvalue weighted by atomic mass is 32.2. The summed E-state index contributed by atoms with van der Waals surface area (Å²) in [7, 11) is -0.612. The number of carbonyl (C=O) groups is 2. The zero-order chi connectivity index (χ0) is 22.4. The summed E-state index contributed by atoms with van der Waals surface area (Å²) in [5, 5.41) is 2.85. The van der Waals surface area contributed by atoms with Gasteiger partial charge in [-0.3, -0.25) is 4.79 Å². The Bertz CT molecular complexity index is 1020. The largest absolute Gasteiger partial charge is 0.461 e. The Labute approximate surface area is 182 Å². The number of para-hydroxylation sites is 1. The number of carbonyl (C=O) groups excluding carboxylic acids is 2. The molecule has 3 rings (SSSR count). The molecule has 1 heterocycles. The Morgan fingerprint density at radius 1 is 1.06 bits per heavy atom. The number of nitrogens with zero attached hydrogens (tertiary/aromatic N) is 2. The minimum atomic E-state index is -3.55. The predicted octanol–water partition coefficient (Wildman–Crippen LogP) is 2.92. The second kappa shape index (κ2) is 9.93. The van der Waals surface area contributed by atoms with Crippen LogP contribution in [-0.2, 0) is 26.2 Å². The van der Waals surface area contributed by atoms with Crippen molar-refractivity contribution in [2.75, 3.05) is 32.5 Å². The minimum absolute atomic E-state index is 0.00430. The molecule has 0 unspecified atom stereocenters. The molecule has 9 heteroatoms. The third-order valence-corrected chi connectivity index (χ3v) is 7.01. The van der Waals surface area contributed by atoms with E-state index in [1.807, 2.05) is 30.3 Å². The summed E-state index contributed by atoms with van der Waals surface area (Å²) in [4.78, 5) is 26.7. The number of piperidine rings is 1. The van der Waals surface area contributed by atoms with Gasteiger partial charge >= 0.3 is 12.0 Å². The molecular formula is C22H27N3O5S. The topological polar surface area (TPSA) is 96.0 Å². The number of benzene rings is 2. The lowest BCUT2D eigenvalue weighted by Gasteiger charge is -2.31. The number of likely N-dealkylation sites (tertiary alicyclic amines) is 1. The second-order valence-corrected chi connectivity index (χ2v) is 9.75. The molecule has 1 aliphatic rings. The summed E-state index contributed by atoms with van der Waals surface area (Å²) in [6.45, 7) is 0.939. The third-order valence-electron chi connectivity index (χ3n) is 5.20. The molecule has 166 valence electrons. The van der Waals surface area contributed by atoms with Gasteiger partial charge in [-0.25, -0.2) is 17.5 Å². The van der Waals surface area contributed by atoms with E-state index < -0.39 is 10.0 Å². The molecule has 0 aromatic heterocycles. The lowest BCUT2D eigenvalue weighted by molar-refractivity contribution is -0.151. The van der Waals surface area contributed by atoms with Crippen LogP contribution in [0.3, 0.4) is 0 Å². The fourth-order valence-electron chi connectivity index (χ4n) is 3.32. The molecular weight excluding hydrogens is 418 g/mol. The average molecular weight is 446 g/mol. The van der Waals surface area contributed by atoms with Gasteiger partial charge in [0.15, 0.2) is 0 Å². The summed E-state index contributed by atoms with van der Waals surface area (Å²) in [5.41, 5.74) is 1.34. The predicted molar refractivity (Wildman–Crippen MR) is 117 cm³/mol. The third kappa shape index (κ3) is 5.83. The molecule has 1 aliphatic heterocycles. The number of amides is 2. The molecule has 2 aromatic rings. The molecule has 1 N–H and O–H groups in total. The Morgan fingerprint density at radius 3 is 2.39 bits per heavy atom. The SMILES string of the molecule is CN(C)S(=O)(=O)c1cccc(COC(=O)C2CCN(C(=O)Nc3ccccc3)CC2)c1. The number of ether oxygens (including phenoxy) is 1. The molecule has 1 saturated heterocycles. The van der Waals surface area contributed by atoms with Gasteiger partial charge in [-0.05, 0) is 42.7 Å².